The number of rotatable bonds is 4. The van der Waals surface area contributed by atoms with Crippen molar-refractivity contribution in [2.75, 3.05) is 4.90 Å². The van der Waals surface area contributed by atoms with Gasteiger partial charge in [0.05, 0.1) is 4.92 Å². The van der Waals surface area contributed by atoms with Crippen molar-refractivity contribution >= 4 is 40.4 Å². The molecule has 7 nitrogen and oxygen atoms in total. The standard InChI is InChI=1S/C28H22ClN3O4/c29-19-11-15-20(16-12-19)31-22-7-4-8-23(33)25(22)24(17-9-13-21(14-10-17)32(35)36)26(28(31)30)27(34)18-5-2-1-3-6-18/h1-3,5-6,9-16,24,30,34H,4,7-8H2/b27-26+,30-28?. The average Bonchev–Trinajstić information content (AvgIpc) is 2.89. The summed E-state index contributed by atoms with van der Waals surface area (Å²) in [5, 5.41) is 32.6. The molecule has 0 fully saturated rings. The largest absolute Gasteiger partial charge is 0.507 e. The van der Waals surface area contributed by atoms with Crippen LogP contribution in [0.15, 0.2) is 95.7 Å². The summed E-state index contributed by atoms with van der Waals surface area (Å²) in [4.78, 5) is 25.9. The number of nitro benzene ring substituents is 1. The fourth-order valence-electron chi connectivity index (χ4n) is 4.94. The van der Waals surface area contributed by atoms with Crippen molar-refractivity contribution in [3.8, 4) is 0 Å². The van der Waals surface area contributed by atoms with E-state index in [9.17, 15) is 25.4 Å². The Morgan fingerprint density at radius 2 is 1.67 bits per heavy atom. The Kier molecular flexibility index (Phi) is 6.16. The molecule has 36 heavy (non-hydrogen) atoms. The highest BCUT2D eigenvalue weighted by Crippen LogP contribution is 2.48. The number of nitro groups is 1. The van der Waals surface area contributed by atoms with Gasteiger partial charge in [0.15, 0.2) is 5.78 Å². The van der Waals surface area contributed by atoms with Gasteiger partial charge in [-0.15, -0.1) is 0 Å². The van der Waals surface area contributed by atoms with E-state index in [1.165, 1.54) is 12.1 Å². The van der Waals surface area contributed by atoms with Gasteiger partial charge in [-0.25, -0.2) is 0 Å². The summed E-state index contributed by atoms with van der Waals surface area (Å²) in [6.07, 6.45) is 1.57. The summed E-state index contributed by atoms with van der Waals surface area (Å²) in [6.45, 7) is 0. The van der Waals surface area contributed by atoms with Crippen molar-refractivity contribution in [3.05, 3.63) is 122 Å². The van der Waals surface area contributed by atoms with Crippen molar-refractivity contribution in [2.24, 2.45) is 0 Å². The van der Waals surface area contributed by atoms with Crippen molar-refractivity contribution in [2.45, 2.75) is 25.2 Å². The van der Waals surface area contributed by atoms with Gasteiger partial charge in [-0.2, -0.15) is 0 Å². The first-order valence-corrected chi connectivity index (χ1v) is 11.9. The number of nitrogens with one attached hydrogen (secondary N) is 1. The summed E-state index contributed by atoms with van der Waals surface area (Å²) in [6, 6.07) is 21.8. The highest BCUT2D eigenvalue weighted by molar-refractivity contribution is 6.30. The molecule has 0 radical (unpaired) electrons. The fraction of sp³-hybridized carbons (Fsp3) is 0.143. The number of non-ortho nitro benzene ring substituents is 1. The molecule has 0 spiro atoms. The first-order valence-electron chi connectivity index (χ1n) is 11.5. The lowest BCUT2D eigenvalue weighted by molar-refractivity contribution is -0.384. The summed E-state index contributed by atoms with van der Waals surface area (Å²) in [5.74, 6) is -0.891. The maximum atomic E-state index is 13.4. The van der Waals surface area contributed by atoms with E-state index in [1.54, 1.807) is 65.6 Å². The third kappa shape index (κ3) is 4.07. The Morgan fingerprint density at radius 3 is 2.31 bits per heavy atom. The summed E-state index contributed by atoms with van der Waals surface area (Å²) < 4.78 is 0. The minimum absolute atomic E-state index is 0.0375. The van der Waals surface area contributed by atoms with Crippen LogP contribution >= 0.6 is 11.6 Å². The Balaban J connectivity index is 1.80. The lowest BCUT2D eigenvalue weighted by Crippen LogP contribution is -2.42. The van der Waals surface area contributed by atoms with Gasteiger partial charge in [-0.3, -0.25) is 25.2 Å². The zero-order chi connectivity index (χ0) is 25.4. The van der Waals surface area contributed by atoms with Crippen LogP contribution in [0.1, 0.15) is 36.3 Å². The van der Waals surface area contributed by atoms with Crippen LogP contribution in [0.3, 0.4) is 0 Å². The Hall–Kier alpha value is -4.23. The van der Waals surface area contributed by atoms with Gasteiger partial charge in [0.2, 0.25) is 0 Å². The number of allylic oxidation sites excluding steroid dienone is 2. The second kappa shape index (κ2) is 9.43. The van der Waals surface area contributed by atoms with E-state index >= 15 is 0 Å². The highest BCUT2D eigenvalue weighted by Gasteiger charge is 2.43. The van der Waals surface area contributed by atoms with Gasteiger partial charge in [-0.1, -0.05) is 54.1 Å². The van der Waals surface area contributed by atoms with Gasteiger partial charge in [-0.05, 0) is 42.7 Å². The third-order valence-electron chi connectivity index (χ3n) is 6.58. The molecule has 2 N–H and O–H groups in total. The van der Waals surface area contributed by atoms with Crippen LogP contribution < -0.4 is 4.90 Å². The van der Waals surface area contributed by atoms with E-state index < -0.39 is 10.8 Å². The molecular weight excluding hydrogens is 478 g/mol. The minimum Gasteiger partial charge on any atom is -0.507 e. The molecule has 5 rings (SSSR count). The fourth-order valence-corrected chi connectivity index (χ4v) is 5.07. The van der Waals surface area contributed by atoms with Gasteiger partial charge in [0.25, 0.3) is 5.69 Å². The number of amidine groups is 1. The number of carbonyl (C=O) groups excluding carboxylic acids is 1. The molecule has 8 heteroatoms. The number of anilines is 1. The Bertz CT molecular complexity index is 1430. The molecule has 0 saturated heterocycles. The van der Waals surface area contributed by atoms with Crippen LogP contribution in [0, 0.1) is 15.5 Å². The molecule has 180 valence electrons. The number of nitrogens with zero attached hydrogens (tertiary/aromatic N) is 2. The summed E-state index contributed by atoms with van der Waals surface area (Å²) in [5.41, 5.74) is 3.15. The number of aliphatic hydroxyl groups excluding tert-OH is 1. The van der Waals surface area contributed by atoms with E-state index in [-0.39, 0.29) is 28.6 Å². The van der Waals surface area contributed by atoms with Crippen LogP contribution in [0.2, 0.25) is 5.02 Å². The second-order valence-electron chi connectivity index (χ2n) is 8.71. The molecule has 1 aliphatic heterocycles. The number of benzene rings is 3. The second-order valence-corrected chi connectivity index (χ2v) is 9.14. The maximum Gasteiger partial charge on any atom is 0.269 e. The molecule has 3 aromatic rings. The smallest absolute Gasteiger partial charge is 0.269 e. The number of hydrogen-bond acceptors (Lipinski definition) is 5. The number of Topliss-reactive ketones (excluding diaryl/α,β-unsaturated/α-hetero) is 1. The number of carbonyl (C=O) groups is 1. The highest BCUT2D eigenvalue weighted by atomic mass is 35.5. The topological polar surface area (TPSA) is 108 Å². The molecule has 1 heterocycles. The molecule has 1 atom stereocenters. The molecule has 0 bridgehead atoms. The van der Waals surface area contributed by atoms with Gasteiger partial charge in [0, 0.05) is 57.6 Å². The predicted octanol–water partition coefficient (Wildman–Crippen LogP) is 6.81. The monoisotopic (exact) mass is 499 g/mol. The number of hydrogen-bond donors (Lipinski definition) is 2. The number of aliphatic hydroxyl groups is 1. The van der Waals surface area contributed by atoms with Gasteiger partial charge < -0.3 is 5.11 Å². The zero-order valence-corrected chi connectivity index (χ0v) is 19.9. The van der Waals surface area contributed by atoms with E-state index in [2.05, 4.69) is 0 Å². The third-order valence-corrected chi connectivity index (χ3v) is 6.83. The first kappa shape index (κ1) is 23.5. The van der Waals surface area contributed by atoms with Crippen molar-refractivity contribution in [1.29, 1.82) is 5.41 Å². The van der Waals surface area contributed by atoms with Crippen LogP contribution in [0.25, 0.3) is 5.76 Å². The predicted molar refractivity (Wildman–Crippen MR) is 139 cm³/mol. The Labute approximate surface area is 212 Å². The number of halogens is 1. The molecule has 3 aromatic carbocycles. The van der Waals surface area contributed by atoms with E-state index in [4.69, 9.17) is 11.6 Å². The lowest BCUT2D eigenvalue weighted by Gasteiger charge is -2.41. The average molecular weight is 500 g/mol. The molecule has 0 amide bonds. The van der Waals surface area contributed by atoms with Crippen LogP contribution in [-0.4, -0.2) is 21.6 Å². The van der Waals surface area contributed by atoms with Crippen molar-refractivity contribution < 1.29 is 14.8 Å². The molecular formula is C28H22ClN3O4. The molecule has 0 aromatic heterocycles. The van der Waals surface area contributed by atoms with E-state index in [1.807, 2.05) is 6.07 Å². The quantitative estimate of drug-likeness (QED) is 0.233. The first-order chi connectivity index (χ1) is 17.4. The van der Waals surface area contributed by atoms with E-state index in [0.29, 0.717) is 52.4 Å². The zero-order valence-electron chi connectivity index (χ0n) is 19.1. The SMILES string of the molecule is N=C1/C(=C(/O)c2ccccc2)C(c2ccc([N+](=O)[O-])cc2)C2=C(CCCC2=O)N1c1ccc(Cl)cc1. The normalized spacial score (nSPS) is 19.2. The van der Waals surface area contributed by atoms with Gasteiger partial charge >= 0.3 is 0 Å². The van der Waals surface area contributed by atoms with Crippen LogP contribution in [0.5, 0.6) is 0 Å². The van der Waals surface area contributed by atoms with Crippen LogP contribution in [0.4, 0.5) is 11.4 Å². The minimum atomic E-state index is -0.745. The number of ketones is 1. The molecule has 2 aliphatic rings. The molecule has 0 saturated carbocycles. The maximum absolute atomic E-state index is 13.4. The molecule has 1 aliphatic carbocycles. The lowest BCUT2D eigenvalue weighted by atomic mass is 9.73. The van der Waals surface area contributed by atoms with Crippen LogP contribution in [-0.2, 0) is 4.79 Å². The summed E-state index contributed by atoms with van der Waals surface area (Å²) in [7, 11) is 0. The van der Waals surface area contributed by atoms with E-state index in [0.717, 1.165) is 0 Å². The summed E-state index contributed by atoms with van der Waals surface area (Å²) >= 11 is 6.11. The molecule has 1 unspecified atom stereocenters. The van der Waals surface area contributed by atoms with Gasteiger partial charge in [0.1, 0.15) is 11.6 Å². The van der Waals surface area contributed by atoms with Crippen molar-refractivity contribution in [1.82, 2.24) is 0 Å². The van der Waals surface area contributed by atoms with Crippen molar-refractivity contribution in [3.63, 3.8) is 0 Å². The Morgan fingerprint density at radius 1 is 1.00 bits per heavy atom.